The predicted octanol–water partition coefficient (Wildman–Crippen LogP) is 3.29. The molecule has 5 heteroatoms. The van der Waals surface area contributed by atoms with Crippen molar-refractivity contribution in [2.45, 2.75) is 12.5 Å². The molecule has 0 bridgehead atoms. The molecule has 0 aromatic heterocycles. The molecule has 0 saturated carbocycles. The standard InChI is InChI=1S/C16H14ClNO3/c17-13-9-5-4-8-12(13)16(21)18-14(10-15(19)20)11-6-2-1-3-7-11/h1-9,14H,10H2,(H,18,21)(H,19,20)/t14-/m0/s1. The van der Waals surface area contributed by atoms with Gasteiger partial charge in [-0.25, -0.2) is 0 Å². The highest BCUT2D eigenvalue weighted by Gasteiger charge is 2.19. The molecule has 21 heavy (non-hydrogen) atoms. The van der Waals surface area contributed by atoms with Gasteiger partial charge in [-0.3, -0.25) is 9.59 Å². The number of amides is 1. The third-order valence-corrected chi connectivity index (χ3v) is 3.33. The van der Waals surface area contributed by atoms with Crippen molar-refractivity contribution < 1.29 is 14.7 Å². The fourth-order valence-corrected chi connectivity index (χ4v) is 2.22. The molecule has 0 aliphatic carbocycles. The summed E-state index contributed by atoms with van der Waals surface area (Å²) in [5, 5.41) is 12.1. The van der Waals surface area contributed by atoms with E-state index in [9.17, 15) is 9.59 Å². The molecular formula is C16H14ClNO3. The van der Waals surface area contributed by atoms with Gasteiger partial charge in [0.25, 0.3) is 5.91 Å². The van der Waals surface area contributed by atoms with Crippen molar-refractivity contribution in [1.29, 1.82) is 0 Å². The maximum Gasteiger partial charge on any atom is 0.305 e. The molecule has 0 fully saturated rings. The fourth-order valence-electron chi connectivity index (χ4n) is 1.99. The van der Waals surface area contributed by atoms with Gasteiger partial charge < -0.3 is 10.4 Å². The van der Waals surface area contributed by atoms with Crippen molar-refractivity contribution >= 4 is 23.5 Å². The Labute approximate surface area is 127 Å². The van der Waals surface area contributed by atoms with E-state index in [2.05, 4.69) is 5.32 Å². The Balaban J connectivity index is 2.21. The van der Waals surface area contributed by atoms with Gasteiger partial charge in [0.2, 0.25) is 0 Å². The molecule has 0 aliphatic heterocycles. The zero-order valence-electron chi connectivity index (χ0n) is 11.1. The van der Waals surface area contributed by atoms with Crippen LogP contribution in [0.15, 0.2) is 54.6 Å². The second-order valence-corrected chi connectivity index (χ2v) is 4.92. The van der Waals surface area contributed by atoms with Gasteiger partial charge in [-0.15, -0.1) is 0 Å². The maximum atomic E-state index is 12.2. The maximum absolute atomic E-state index is 12.2. The normalized spacial score (nSPS) is 11.7. The summed E-state index contributed by atoms with van der Waals surface area (Å²) in [6.07, 6.45) is -0.194. The molecule has 1 amide bonds. The van der Waals surface area contributed by atoms with Gasteiger partial charge >= 0.3 is 5.97 Å². The highest BCUT2D eigenvalue weighted by Crippen LogP contribution is 2.20. The first kappa shape index (κ1) is 15.1. The van der Waals surface area contributed by atoms with E-state index in [4.69, 9.17) is 16.7 Å². The van der Waals surface area contributed by atoms with Gasteiger partial charge in [0.05, 0.1) is 23.0 Å². The van der Waals surface area contributed by atoms with E-state index in [-0.39, 0.29) is 6.42 Å². The van der Waals surface area contributed by atoms with Crippen molar-refractivity contribution in [1.82, 2.24) is 5.32 Å². The Kier molecular flexibility index (Phi) is 4.95. The lowest BCUT2D eigenvalue weighted by Gasteiger charge is -2.17. The van der Waals surface area contributed by atoms with Crippen molar-refractivity contribution in [3.63, 3.8) is 0 Å². The summed E-state index contributed by atoms with van der Waals surface area (Å²) in [7, 11) is 0. The molecule has 4 nitrogen and oxygen atoms in total. The van der Waals surface area contributed by atoms with Gasteiger partial charge in [-0.2, -0.15) is 0 Å². The number of carboxylic acid groups (broad SMARTS) is 1. The number of hydrogen-bond acceptors (Lipinski definition) is 2. The Morgan fingerprint density at radius 2 is 1.67 bits per heavy atom. The number of hydrogen-bond donors (Lipinski definition) is 2. The Hall–Kier alpha value is -2.33. The van der Waals surface area contributed by atoms with Gasteiger partial charge in [-0.1, -0.05) is 54.1 Å². The Morgan fingerprint density at radius 3 is 2.29 bits per heavy atom. The Morgan fingerprint density at radius 1 is 1.05 bits per heavy atom. The van der Waals surface area contributed by atoms with E-state index in [0.29, 0.717) is 10.6 Å². The zero-order valence-corrected chi connectivity index (χ0v) is 11.9. The first-order valence-corrected chi connectivity index (χ1v) is 6.78. The molecule has 0 spiro atoms. The SMILES string of the molecule is O=C(O)C[C@H](NC(=O)c1ccccc1Cl)c1ccccc1. The van der Waals surface area contributed by atoms with Crippen LogP contribution in [0.2, 0.25) is 5.02 Å². The minimum Gasteiger partial charge on any atom is -0.481 e. The largest absolute Gasteiger partial charge is 0.481 e. The van der Waals surface area contributed by atoms with Crippen LogP contribution in [-0.2, 0) is 4.79 Å². The van der Waals surface area contributed by atoms with Crippen LogP contribution in [-0.4, -0.2) is 17.0 Å². The van der Waals surface area contributed by atoms with Crippen molar-refractivity contribution in [2.24, 2.45) is 0 Å². The van der Waals surface area contributed by atoms with E-state index in [1.54, 1.807) is 48.5 Å². The van der Waals surface area contributed by atoms with E-state index >= 15 is 0 Å². The summed E-state index contributed by atoms with van der Waals surface area (Å²) in [6, 6.07) is 15.0. The lowest BCUT2D eigenvalue weighted by atomic mass is 10.0. The van der Waals surface area contributed by atoms with E-state index in [0.717, 1.165) is 5.56 Å². The molecule has 108 valence electrons. The molecule has 0 unspecified atom stereocenters. The average Bonchev–Trinajstić information content (AvgIpc) is 2.47. The molecule has 1 atom stereocenters. The van der Waals surface area contributed by atoms with Crippen molar-refractivity contribution in [3.8, 4) is 0 Å². The average molecular weight is 304 g/mol. The van der Waals surface area contributed by atoms with E-state index < -0.39 is 17.9 Å². The van der Waals surface area contributed by atoms with Crippen LogP contribution in [0.3, 0.4) is 0 Å². The van der Waals surface area contributed by atoms with Crippen LogP contribution in [0.25, 0.3) is 0 Å². The van der Waals surface area contributed by atoms with Crippen LogP contribution in [0.5, 0.6) is 0 Å². The lowest BCUT2D eigenvalue weighted by molar-refractivity contribution is -0.137. The summed E-state index contributed by atoms with van der Waals surface area (Å²) in [4.78, 5) is 23.2. The van der Waals surface area contributed by atoms with Crippen LogP contribution in [0.4, 0.5) is 0 Å². The predicted molar refractivity (Wildman–Crippen MR) is 80.4 cm³/mol. The molecular weight excluding hydrogens is 290 g/mol. The number of benzene rings is 2. The highest BCUT2D eigenvalue weighted by atomic mass is 35.5. The highest BCUT2D eigenvalue weighted by molar-refractivity contribution is 6.33. The molecule has 0 radical (unpaired) electrons. The number of aliphatic carboxylic acids is 1. The monoisotopic (exact) mass is 303 g/mol. The van der Waals surface area contributed by atoms with E-state index in [1.165, 1.54) is 0 Å². The molecule has 0 aliphatic rings. The lowest BCUT2D eigenvalue weighted by Crippen LogP contribution is -2.30. The van der Waals surface area contributed by atoms with E-state index in [1.807, 2.05) is 6.07 Å². The number of carbonyl (C=O) groups is 2. The zero-order chi connectivity index (χ0) is 15.2. The second-order valence-electron chi connectivity index (χ2n) is 4.51. The molecule has 2 aromatic rings. The summed E-state index contributed by atoms with van der Waals surface area (Å²) in [6.45, 7) is 0. The number of carboxylic acids is 1. The number of halogens is 1. The minimum atomic E-state index is -0.983. The van der Waals surface area contributed by atoms with Crippen molar-refractivity contribution in [3.05, 3.63) is 70.7 Å². The van der Waals surface area contributed by atoms with Crippen LogP contribution in [0, 0.1) is 0 Å². The fraction of sp³-hybridized carbons (Fsp3) is 0.125. The summed E-state index contributed by atoms with van der Waals surface area (Å²) < 4.78 is 0. The minimum absolute atomic E-state index is 0.194. The second kappa shape index (κ2) is 6.90. The first-order chi connectivity index (χ1) is 10.1. The number of rotatable bonds is 5. The first-order valence-electron chi connectivity index (χ1n) is 6.40. The third-order valence-electron chi connectivity index (χ3n) is 3.00. The molecule has 2 N–H and O–H groups in total. The quantitative estimate of drug-likeness (QED) is 0.890. The van der Waals surface area contributed by atoms with Gasteiger partial charge in [0, 0.05) is 0 Å². The van der Waals surface area contributed by atoms with Crippen LogP contribution in [0.1, 0.15) is 28.4 Å². The van der Waals surface area contributed by atoms with Crippen molar-refractivity contribution in [2.75, 3.05) is 0 Å². The molecule has 0 saturated heterocycles. The van der Waals surface area contributed by atoms with Gasteiger partial charge in [0.1, 0.15) is 0 Å². The van der Waals surface area contributed by atoms with Crippen LogP contribution < -0.4 is 5.32 Å². The summed E-state index contributed by atoms with van der Waals surface area (Å²) >= 11 is 5.98. The molecule has 2 rings (SSSR count). The van der Waals surface area contributed by atoms with Gasteiger partial charge in [0.15, 0.2) is 0 Å². The summed E-state index contributed by atoms with van der Waals surface area (Å²) in [5.41, 5.74) is 1.06. The van der Waals surface area contributed by atoms with Crippen LogP contribution >= 0.6 is 11.6 Å². The topological polar surface area (TPSA) is 66.4 Å². The number of nitrogens with one attached hydrogen (secondary N) is 1. The molecule has 0 heterocycles. The molecule has 2 aromatic carbocycles. The third kappa shape index (κ3) is 4.07. The summed E-state index contributed by atoms with van der Waals surface area (Å²) in [5.74, 6) is -1.38. The number of carbonyl (C=O) groups excluding carboxylic acids is 1. The smallest absolute Gasteiger partial charge is 0.305 e. The van der Waals surface area contributed by atoms with Gasteiger partial charge in [-0.05, 0) is 17.7 Å². The Bertz CT molecular complexity index is 643.